The van der Waals surface area contributed by atoms with E-state index in [-0.39, 0.29) is 0 Å². The fraction of sp³-hybridized carbons (Fsp3) is 0.231. The normalized spacial score (nSPS) is 14.4. The Morgan fingerprint density at radius 3 is 2.67 bits per heavy atom. The van der Waals surface area contributed by atoms with Crippen LogP contribution in [-0.4, -0.2) is 16.7 Å². The van der Waals surface area contributed by atoms with Crippen LogP contribution in [0.4, 0.5) is 5.69 Å². The van der Waals surface area contributed by atoms with Gasteiger partial charge in [-0.15, -0.1) is 10.2 Å². The summed E-state index contributed by atoms with van der Waals surface area (Å²) in [4.78, 5) is 2.19. The third-order valence-corrected chi connectivity index (χ3v) is 3.63. The zero-order chi connectivity index (χ0) is 12.5. The first-order valence-electron chi connectivity index (χ1n) is 5.74. The molecule has 0 bridgehead atoms. The Kier molecular flexibility index (Phi) is 3.10. The molecule has 18 heavy (non-hydrogen) atoms. The average molecular weight is 280 g/mol. The van der Waals surface area contributed by atoms with Gasteiger partial charge < -0.3 is 4.90 Å². The number of hydrogen-bond acceptors (Lipinski definition) is 3. The predicted octanol–water partition coefficient (Wildman–Crippen LogP) is 3.35. The summed E-state index contributed by atoms with van der Waals surface area (Å²) in [6.07, 6.45) is 1.01. The Labute approximate surface area is 115 Å². The maximum atomic E-state index is 6.08. The van der Waals surface area contributed by atoms with Gasteiger partial charge in [0.25, 0.3) is 0 Å². The first kappa shape index (κ1) is 11.8. The van der Waals surface area contributed by atoms with Crippen LogP contribution in [0, 0.1) is 0 Å². The highest BCUT2D eigenvalue weighted by Gasteiger charge is 2.19. The van der Waals surface area contributed by atoms with Gasteiger partial charge >= 0.3 is 0 Å². The van der Waals surface area contributed by atoms with Crippen LogP contribution in [0.3, 0.4) is 0 Å². The fourth-order valence-corrected chi connectivity index (χ4v) is 2.62. The van der Waals surface area contributed by atoms with E-state index < -0.39 is 0 Å². The Bertz CT molecular complexity index is 586. The van der Waals surface area contributed by atoms with Gasteiger partial charge in [0.05, 0.1) is 5.69 Å². The molecule has 1 aromatic heterocycles. The standard InChI is InChI=1S/C13H11Cl2N3/c14-12-7-11(13(15)17-16-12)18-6-5-9-3-1-2-4-10(9)8-18/h1-4,7H,5-6,8H2. The second-order valence-electron chi connectivity index (χ2n) is 4.28. The Balaban J connectivity index is 1.94. The molecule has 1 aromatic carbocycles. The molecule has 92 valence electrons. The van der Waals surface area contributed by atoms with Crippen LogP contribution in [-0.2, 0) is 13.0 Å². The van der Waals surface area contributed by atoms with Crippen LogP contribution in [0.15, 0.2) is 30.3 Å². The Morgan fingerprint density at radius 2 is 1.83 bits per heavy atom. The summed E-state index contributed by atoms with van der Waals surface area (Å²) >= 11 is 12.0. The van der Waals surface area contributed by atoms with Gasteiger partial charge in [0.1, 0.15) is 0 Å². The number of halogens is 2. The van der Waals surface area contributed by atoms with E-state index in [1.807, 2.05) is 0 Å². The summed E-state index contributed by atoms with van der Waals surface area (Å²) in [5.41, 5.74) is 3.58. The van der Waals surface area contributed by atoms with Crippen molar-refractivity contribution >= 4 is 28.9 Å². The van der Waals surface area contributed by atoms with E-state index >= 15 is 0 Å². The lowest BCUT2D eigenvalue weighted by Crippen LogP contribution is -2.30. The first-order chi connectivity index (χ1) is 8.74. The molecular formula is C13H11Cl2N3. The molecule has 0 N–H and O–H groups in total. The van der Waals surface area contributed by atoms with Crippen LogP contribution in [0.5, 0.6) is 0 Å². The molecule has 2 heterocycles. The molecule has 0 radical (unpaired) electrons. The Morgan fingerprint density at radius 1 is 1.06 bits per heavy atom. The summed E-state index contributed by atoms with van der Waals surface area (Å²) in [6, 6.07) is 10.2. The largest absolute Gasteiger partial charge is 0.364 e. The fourth-order valence-electron chi connectivity index (χ4n) is 2.27. The molecule has 1 aliphatic rings. The SMILES string of the molecule is Clc1cc(N2CCc3ccccc3C2)c(Cl)nn1. The van der Waals surface area contributed by atoms with E-state index in [2.05, 4.69) is 39.4 Å². The van der Waals surface area contributed by atoms with Gasteiger partial charge in [-0.05, 0) is 17.5 Å². The highest BCUT2D eigenvalue weighted by Crippen LogP contribution is 2.29. The van der Waals surface area contributed by atoms with Crippen LogP contribution < -0.4 is 4.90 Å². The zero-order valence-corrected chi connectivity index (χ0v) is 11.1. The minimum absolute atomic E-state index is 0.369. The van der Waals surface area contributed by atoms with Gasteiger partial charge in [-0.1, -0.05) is 47.5 Å². The van der Waals surface area contributed by atoms with E-state index in [1.165, 1.54) is 11.1 Å². The number of aromatic nitrogens is 2. The van der Waals surface area contributed by atoms with Crippen molar-refractivity contribution in [3.8, 4) is 0 Å². The molecule has 0 saturated heterocycles. The molecular weight excluding hydrogens is 269 g/mol. The number of rotatable bonds is 1. The van der Waals surface area contributed by atoms with Gasteiger partial charge in [0.15, 0.2) is 10.3 Å². The van der Waals surface area contributed by atoms with Crippen molar-refractivity contribution in [3.63, 3.8) is 0 Å². The average Bonchev–Trinajstić information content (AvgIpc) is 2.41. The predicted molar refractivity (Wildman–Crippen MR) is 73.2 cm³/mol. The van der Waals surface area contributed by atoms with E-state index in [0.717, 1.165) is 25.2 Å². The number of anilines is 1. The zero-order valence-electron chi connectivity index (χ0n) is 9.61. The number of hydrogen-bond donors (Lipinski definition) is 0. The van der Waals surface area contributed by atoms with E-state index in [4.69, 9.17) is 23.2 Å². The minimum Gasteiger partial charge on any atom is -0.364 e. The highest BCUT2D eigenvalue weighted by atomic mass is 35.5. The molecule has 0 amide bonds. The van der Waals surface area contributed by atoms with Gasteiger partial charge in [0.2, 0.25) is 0 Å². The van der Waals surface area contributed by atoms with Crippen LogP contribution in [0.1, 0.15) is 11.1 Å². The van der Waals surface area contributed by atoms with Crippen molar-refractivity contribution in [3.05, 3.63) is 51.8 Å². The number of fused-ring (bicyclic) bond motifs is 1. The summed E-state index contributed by atoms with van der Waals surface area (Å²) < 4.78 is 0. The number of nitrogens with zero attached hydrogens (tertiary/aromatic N) is 3. The van der Waals surface area contributed by atoms with Crippen molar-refractivity contribution in [2.45, 2.75) is 13.0 Å². The summed E-state index contributed by atoms with van der Waals surface area (Å²) in [5.74, 6) is 0. The van der Waals surface area contributed by atoms with Gasteiger partial charge in [-0.2, -0.15) is 0 Å². The van der Waals surface area contributed by atoms with Crippen molar-refractivity contribution in [2.75, 3.05) is 11.4 Å². The third kappa shape index (κ3) is 2.16. The maximum absolute atomic E-state index is 6.08. The molecule has 0 unspecified atom stereocenters. The summed E-state index contributed by atoms with van der Waals surface area (Å²) in [7, 11) is 0. The molecule has 5 heteroatoms. The van der Waals surface area contributed by atoms with Crippen molar-refractivity contribution < 1.29 is 0 Å². The minimum atomic E-state index is 0.369. The van der Waals surface area contributed by atoms with Crippen LogP contribution in [0.2, 0.25) is 10.3 Å². The second kappa shape index (κ2) is 4.75. The van der Waals surface area contributed by atoms with Crippen molar-refractivity contribution in [2.24, 2.45) is 0 Å². The van der Waals surface area contributed by atoms with Crippen molar-refractivity contribution in [1.29, 1.82) is 0 Å². The summed E-state index contributed by atoms with van der Waals surface area (Å²) in [6.45, 7) is 1.75. The summed E-state index contributed by atoms with van der Waals surface area (Å²) in [5, 5.41) is 8.36. The van der Waals surface area contributed by atoms with E-state index in [0.29, 0.717) is 10.3 Å². The molecule has 0 saturated carbocycles. The lowest BCUT2D eigenvalue weighted by molar-refractivity contribution is 0.728. The van der Waals surface area contributed by atoms with E-state index in [9.17, 15) is 0 Å². The van der Waals surface area contributed by atoms with E-state index in [1.54, 1.807) is 6.07 Å². The molecule has 1 aliphatic heterocycles. The highest BCUT2D eigenvalue weighted by molar-refractivity contribution is 6.33. The third-order valence-electron chi connectivity index (χ3n) is 3.17. The van der Waals surface area contributed by atoms with Crippen LogP contribution in [0.25, 0.3) is 0 Å². The first-order valence-corrected chi connectivity index (χ1v) is 6.50. The second-order valence-corrected chi connectivity index (χ2v) is 5.03. The maximum Gasteiger partial charge on any atom is 0.175 e. The molecule has 0 atom stereocenters. The quantitative estimate of drug-likeness (QED) is 0.802. The van der Waals surface area contributed by atoms with Crippen LogP contribution >= 0.6 is 23.2 Å². The smallest absolute Gasteiger partial charge is 0.175 e. The Hall–Kier alpha value is -1.32. The molecule has 0 fully saturated rings. The molecule has 2 aromatic rings. The van der Waals surface area contributed by atoms with Gasteiger partial charge in [-0.25, -0.2) is 0 Å². The number of benzene rings is 1. The molecule has 0 aliphatic carbocycles. The molecule has 3 nitrogen and oxygen atoms in total. The monoisotopic (exact) mass is 279 g/mol. The van der Waals surface area contributed by atoms with Gasteiger partial charge in [0, 0.05) is 19.2 Å². The molecule has 3 rings (SSSR count). The molecule has 0 spiro atoms. The van der Waals surface area contributed by atoms with Gasteiger partial charge in [-0.3, -0.25) is 0 Å². The van der Waals surface area contributed by atoms with Crippen molar-refractivity contribution in [1.82, 2.24) is 10.2 Å². The topological polar surface area (TPSA) is 29.0 Å². The lowest BCUT2D eigenvalue weighted by atomic mass is 10.00. The lowest BCUT2D eigenvalue weighted by Gasteiger charge is -2.30.